The molecule has 0 aromatic heterocycles. The maximum atomic E-state index is 14.9. The smallest absolute Gasteiger partial charge is 0.408 e. The molecule has 0 radical (unpaired) electrons. The van der Waals surface area contributed by atoms with Crippen LogP contribution in [0.3, 0.4) is 0 Å². The fourth-order valence-corrected chi connectivity index (χ4v) is 10.3. The van der Waals surface area contributed by atoms with Gasteiger partial charge in [-0.05, 0) is 82.4 Å². The first kappa shape index (κ1) is 40.6. The minimum Gasteiger partial charge on any atom is -0.444 e. The number of fused-ring (bicyclic) bond motifs is 2. The lowest BCUT2D eigenvalue weighted by Gasteiger charge is -2.31. The van der Waals surface area contributed by atoms with E-state index in [1.165, 1.54) is 0 Å². The number of carbonyl (C=O) groups is 4. The van der Waals surface area contributed by atoms with Gasteiger partial charge in [0.25, 0.3) is 5.91 Å². The highest BCUT2D eigenvalue weighted by atomic mass is 32.2. The van der Waals surface area contributed by atoms with Crippen LogP contribution in [0.5, 0.6) is 0 Å². The predicted molar refractivity (Wildman–Crippen MR) is 215 cm³/mol. The summed E-state index contributed by atoms with van der Waals surface area (Å²) in [7, 11) is -3.89. The van der Waals surface area contributed by atoms with Gasteiger partial charge in [-0.3, -0.25) is 19.1 Å². The van der Waals surface area contributed by atoms with Gasteiger partial charge in [-0.2, -0.15) is 0 Å². The Morgan fingerprint density at radius 1 is 0.927 bits per heavy atom. The number of benzene rings is 2. The fourth-order valence-electron chi connectivity index (χ4n) is 7.62. The van der Waals surface area contributed by atoms with E-state index in [4.69, 9.17) is 4.74 Å². The Morgan fingerprint density at radius 2 is 1.62 bits per heavy atom. The maximum Gasteiger partial charge on any atom is 0.408 e. The predicted octanol–water partition coefficient (Wildman–Crippen LogP) is 6.36. The molecule has 55 heavy (non-hydrogen) atoms. The van der Waals surface area contributed by atoms with E-state index in [2.05, 4.69) is 58.4 Å². The third-order valence-electron chi connectivity index (χ3n) is 10.9. The van der Waals surface area contributed by atoms with Crippen molar-refractivity contribution in [3.8, 4) is 11.1 Å². The molecular formula is C42H54N4O7S2. The van der Waals surface area contributed by atoms with E-state index >= 15 is 0 Å². The van der Waals surface area contributed by atoms with Crippen molar-refractivity contribution in [3.05, 3.63) is 85.0 Å². The van der Waals surface area contributed by atoms with E-state index in [-0.39, 0.29) is 19.4 Å². The van der Waals surface area contributed by atoms with E-state index in [1.54, 1.807) is 43.5 Å². The SMILES string of the molecule is C=C[C@@H]1C[C@]1(NC(=O)[C@@H]1C[C@@]2(c3ccc(-c4ccccc4)cc3)CN1C(=O)[C@@H](NC(=O)OC(C)(C)C)CCCCCCC=CCS2)C(=O)NS(=O)(=O)C1CC1. The molecule has 2 saturated carbocycles. The summed E-state index contributed by atoms with van der Waals surface area (Å²) >= 11 is 1.66. The van der Waals surface area contributed by atoms with Crippen LogP contribution >= 0.6 is 11.8 Å². The third-order valence-corrected chi connectivity index (χ3v) is 14.2. The number of sulfonamides is 1. The van der Waals surface area contributed by atoms with Gasteiger partial charge in [0.2, 0.25) is 21.8 Å². The van der Waals surface area contributed by atoms with Crippen molar-refractivity contribution in [3.63, 3.8) is 0 Å². The molecule has 4 amide bonds. The molecule has 1 saturated heterocycles. The number of alkyl carbamates (subject to hydrolysis) is 1. The van der Waals surface area contributed by atoms with Gasteiger partial charge in [0, 0.05) is 18.2 Å². The van der Waals surface area contributed by atoms with Gasteiger partial charge in [-0.1, -0.05) is 92.1 Å². The van der Waals surface area contributed by atoms with Crippen LogP contribution < -0.4 is 15.4 Å². The maximum absolute atomic E-state index is 14.9. The molecule has 2 aliphatic heterocycles. The lowest BCUT2D eigenvalue weighted by atomic mass is 9.93. The number of amides is 4. The van der Waals surface area contributed by atoms with E-state index in [0.717, 1.165) is 42.4 Å². The first-order chi connectivity index (χ1) is 26.2. The number of carbonyl (C=O) groups excluding carboxylic acids is 4. The van der Waals surface area contributed by atoms with E-state index in [1.807, 2.05) is 30.3 Å². The second-order valence-corrected chi connectivity index (χ2v) is 19.6. The molecule has 296 valence electrons. The number of rotatable bonds is 9. The lowest BCUT2D eigenvalue weighted by Crippen LogP contribution is -2.58. The van der Waals surface area contributed by atoms with Gasteiger partial charge < -0.3 is 20.3 Å². The molecule has 13 heteroatoms. The summed E-state index contributed by atoms with van der Waals surface area (Å²) in [5.41, 5.74) is 0.732. The van der Waals surface area contributed by atoms with Gasteiger partial charge in [0.1, 0.15) is 23.2 Å². The summed E-state index contributed by atoms with van der Waals surface area (Å²) in [6.07, 6.45) is 11.4. The van der Waals surface area contributed by atoms with Crippen LogP contribution in [0.15, 0.2) is 79.4 Å². The second kappa shape index (κ2) is 16.6. The molecule has 2 aromatic carbocycles. The number of nitrogens with one attached hydrogen (secondary N) is 3. The van der Waals surface area contributed by atoms with Crippen LogP contribution in [-0.4, -0.2) is 77.9 Å². The number of allylic oxidation sites excluding steroid dienone is 1. The number of hydrogen-bond donors (Lipinski definition) is 3. The molecule has 2 aromatic rings. The average molecular weight is 791 g/mol. The first-order valence-corrected chi connectivity index (χ1v) is 22.0. The van der Waals surface area contributed by atoms with Gasteiger partial charge in [-0.15, -0.1) is 18.3 Å². The lowest BCUT2D eigenvalue weighted by molar-refractivity contribution is -0.141. The van der Waals surface area contributed by atoms with Crippen molar-refractivity contribution in [2.45, 2.75) is 118 Å². The van der Waals surface area contributed by atoms with Crippen molar-refractivity contribution >= 4 is 45.6 Å². The van der Waals surface area contributed by atoms with Crippen molar-refractivity contribution in [2.75, 3.05) is 12.3 Å². The molecule has 2 heterocycles. The van der Waals surface area contributed by atoms with Gasteiger partial charge in [-0.25, -0.2) is 13.2 Å². The molecule has 6 rings (SSSR count). The highest BCUT2D eigenvalue weighted by Crippen LogP contribution is 2.50. The molecule has 2 bridgehead atoms. The fraction of sp³-hybridized carbons (Fsp3) is 0.524. The highest BCUT2D eigenvalue weighted by Gasteiger charge is 2.62. The minimum atomic E-state index is -3.89. The summed E-state index contributed by atoms with van der Waals surface area (Å²) in [5, 5.41) is 5.13. The zero-order valence-electron chi connectivity index (χ0n) is 32.1. The normalized spacial score (nSPS) is 27.6. The Bertz CT molecular complexity index is 1890. The average Bonchev–Trinajstić information content (AvgIpc) is 4.08. The molecule has 2 aliphatic carbocycles. The van der Waals surface area contributed by atoms with Crippen LogP contribution in [0.1, 0.15) is 90.5 Å². The van der Waals surface area contributed by atoms with E-state index in [0.29, 0.717) is 31.4 Å². The Balaban J connectivity index is 1.37. The largest absolute Gasteiger partial charge is 0.444 e. The number of nitrogens with zero attached hydrogens (tertiary/aromatic N) is 1. The second-order valence-electron chi connectivity index (χ2n) is 16.3. The Kier molecular flexibility index (Phi) is 12.2. The first-order valence-electron chi connectivity index (χ1n) is 19.4. The summed E-state index contributed by atoms with van der Waals surface area (Å²) < 4.78 is 32.7. The molecule has 0 spiro atoms. The third kappa shape index (κ3) is 9.65. The van der Waals surface area contributed by atoms with Crippen LogP contribution in [0.2, 0.25) is 0 Å². The molecule has 3 N–H and O–H groups in total. The quantitative estimate of drug-likeness (QED) is 0.249. The van der Waals surface area contributed by atoms with E-state index < -0.39 is 73.0 Å². The summed E-state index contributed by atoms with van der Waals surface area (Å²) in [5.74, 6) is -1.62. The Labute approximate surface area is 329 Å². The molecule has 11 nitrogen and oxygen atoms in total. The van der Waals surface area contributed by atoms with Crippen LogP contribution in [-0.2, 0) is 33.9 Å². The number of hydrogen-bond acceptors (Lipinski definition) is 8. The minimum absolute atomic E-state index is 0.166. The van der Waals surface area contributed by atoms with Crippen LogP contribution in [0.25, 0.3) is 11.1 Å². The zero-order chi connectivity index (χ0) is 39.4. The molecule has 4 aliphatic rings. The van der Waals surface area contributed by atoms with Crippen LogP contribution in [0, 0.1) is 5.92 Å². The van der Waals surface area contributed by atoms with E-state index in [9.17, 15) is 27.6 Å². The molecular weight excluding hydrogens is 737 g/mol. The summed E-state index contributed by atoms with van der Waals surface area (Å²) in [6.45, 7) is 9.27. The Hall–Kier alpha value is -4.10. The van der Waals surface area contributed by atoms with Crippen molar-refractivity contribution < 1.29 is 32.3 Å². The van der Waals surface area contributed by atoms with Crippen molar-refractivity contribution in [1.29, 1.82) is 0 Å². The van der Waals surface area contributed by atoms with Crippen molar-refractivity contribution in [2.24, 2.45) is 5.92 Å². The molecule has 3 fully saturated rings. The topological polar surface area (TPSA) is 151 Å². The Morgan fingerprint density at radius 3 is 2.27 bits per heavy atom. The van der Waals surface area contributed by atoms with Gasteiger partial charge in [0.15, 0.2) is 0 Å². The van der Waals surface area contributed by atoms with Crippen LogP contribution in [0.4, 0.5) is 4.79 Å². The number of thioether (sulfide) groups is 1. The molecule has 5 atom stereocenters. The zero-order valence-corrected chi connectivity index (χ0v) is 33.7. The summed E-state index contributed by atoms with van der Waals surface area (Å²) in [6, 6.07) is 16.2. The molecule has 0 unspecified atom stereocenters. The van der Waals surface area contributed by atoms with Crippen molar-refractivity contribution in [1.82, 2.24) is 20.3 Å². The summed E-state index contributed by atoms with van der Waals surface area (Å²) in [4.78, 5) is 57.9. The van der Waals surface area contributed by atoms with Gasteiger partial charge in [0.05, 0.1) is 10.00 Å². The highest BCUT2D eigenvalue weighted by molar-refractivity contribution is 8.00. The number of ether oxygens (including phenoxy) is 1. The van der Waals surface area contributed by atoms with Gasteiger partial charge >= 0.3 is 6.09 Å². The monoisotopic (exact) mass is 790 g/mol. The standard InChI is InChI=1S/C42H54N4O7S2/c1-5-31-26-42(31,38(49)45-55(51,52)33-23-24-33)44-36(47)35-27-41(32-21-19-30(20-22-32)29-16-12-11-13-17-29)28-46(35)37(48)34(43-39(50)53-40(2,3)4)18-14-9-7-6-8-10-15-25-54-41/h5,10-13,15-17,19-22,31,33-35H,1,6-9,14,18,23-28H2,2-4H3,(H,43,50)(H,44,47)(H,45,49)/t31-,34+,35+,41+,42-/m1/s1.